The van der Waals surface area contributed by atoms with Crippen LogP contribution in [-0.2, 0) is 36.9 Å². The Morgan fingerprint density at radius 3 is 1.94 bits per heavy atom. The Labute approximate surface area is 379 Å². The largest absolute Gasteiger partial charge is 0.453 e. The minimum Gasteiger partial charge on any atom is -0.453 e. The molecular formula is C48H58N8O7S. The van der Waals surface area contributed by atoms with Gasteiger partial charge in [0.05, 0.1) is 51.1 Å². The Hall–Kier alpha value is -6.13. The van der Waals surface area contributed by atoms with Gasteiger partial charge in [0, 0.05) is 43.0 Å². The normalized spacial score (nSPS) is 15.5. The maximum Gasteiger partial charge on any atom is 0.407 e. The minimum atomic E-state index is -0.748. The number of amides is 4. The summed E-state index contributed by atoms with van der Waals surface area (Å²) in [4.78, 5) is 71.7. The number of rotatable bonds is 18. The number of H-pyrrole nitrogens is 2. The summed E-state index contributed by atoms with van der Waals surface area (Å²) in [5, 5.41) is 7.63. The van der Waals surface area contributed by atoms with Crippen LogP contribution in [0.1, 0.15) is 51.2 Å². The smallest absolute Gasteiger partial charge is 0.407 e. The number of imidazole rings is 2. The second-order valence-corrected chi connectivity index (χ2v) is 17.5. The lowest BCUT2D eigenvalue weighted by Gasteiger charge is -2.33. The summed E-state index contributed by atoms with van der Waals surface area (Å²) in [6.45, 7) is 10.2. The molecule has 4 amide bonds. The molecular weight excluding hydrogens is 833 g/mol. The maximum absolute atomic E-state index is 13.9. The van der Waals surface area contributed by atoms with Crippen LogP contribution in [0.5, 0.6) is 0 Å². The van der Waals surface area contributed by atoms with E-state index < -0.39 is 24.3 Å². The molecule has 0 bridgehead atoms. The number of fused-ring (bicyclic) bond motifs is 1. The van der Waals surface area contributed by atoms with E-state index in [2.05, 4.69) is 98.3 Å². The SMILES string of the molecule is C=CC1(CN(Cc2ncc(-c3ccc4cc(-c5ccc(-c6cnc(CN(CCS)C(=O)[C@@H](NC(=O)OC)C7CCOCC7)[nH]6)cc5)ccc4c3)[nH]2)C(=O)[C@@H](NC(=O)OC)C(C)C)CC1. The molecule has 1 aliphatic carbocycles. The van der Waals surface area contributed by atoms with E-state index in [1.54, 1.807) is 22.2 Å². The molecule has 2 fully saturated rings. The van der Waals surface area contributed by atoms with E-state index in [4.69, 9.17) is 14.2 Å². The molecule has 1 saturated carbocycles. The zero-order valence-corrected chi connectivity index (χ0v) is 37.8. The van der Waals surface area contributed by atoms with Crippen molar-refractivity contribution in [3.8, 4) is 33.6 Å². The van der Waals surface area contributed by atoms with E-state index in [1.165, 1.54) is 14.2 Å². The first-order valence-corrected chi connectivity index (χ1v) is 22.4. The molecule has 1 saturated heterocycles. The third-order valence-corrected chi connectivity index (χ3v) is 12.5. The van der Waals surface area contributed by atoms with Crippen molar-refractivity contribution in [1.29, 1.82) is 0 Å². The van der Waals surface area contributed by atoms with Crippen LogP contribution in [-0.4, -0.2) is 112 Å². The van der Waals surface area contributed by atoms with Gasteiger partial charge in [0.15, 0.2) is 0 Å². The van der Waals surface area contributed by atoms with Crippen LogP contribution in [0.2, 0.25) is 0 Å². The molecule has 2 atom stereocenters. The second kappa shape index (κ2) is 20.6. The number of methoxy groups -OCH3 is 2. The quantitative estimate of drug-likeness (QED) is 0.0443. The lowest BCUT2D eigenvalue weighted by molar-refractivity contribution is -0.136. The Morgan fingerprint density at radius 2 is 1.36 bits per heavy atom. The van der Waals surface area contributed by atoms with E-state index in [-0.39, 0.29) is 42.2 Å². The molecule has 0 unspecified atom stereocenters. The first-order valence-electron chi connectivity index (χ1n) is 21.7. The molecule has 64 heavy (non-hydrogen) atoms. The van der Waals surface area contributed by atoms with Gasteiger partial charge in [0.1, 0.15) is 23.7 Å². The first kappa shape index (κ1) is 45.9. The summed E-state index contributed by atoms with van der Waals surface area (Å²) in [6.07, 6.45) is 7.42. The predicted octanol–water partition coefficient (Wildman–Crippen LogP) is 7.37. The highest BCUT2D eigenvalue weighted by atomic mass is 32.1. The monoisotopic (exact) mass is 890 g/mol. The van der Waals surface area contributed by atoms with Crippen LogP contribution in [0, 0.1) is 17.3 Å². The highest BCUT2D eigenvalue weighted by Crippen LogP contribution is 2.47. The lowest BCUT2D eigenvalue weighted by atomic mass is 9.90. The molecule has 7 rings (SSSR count). The van der Waals surface area contributed by atoms with Crippen molar-refractivity contribution >= 4 is 47.4 Å². The third kappa shape index (κ3) is 11.0. The maximum atomic E-state index is 13.9. The second-order valence-electron chi connectivity index (χ2n) is 17.0. The van der Waals surface area contributed by atoms with Gasteiger partial charge in [-0.25, -0.2) is 19.6 Å². The van der Waals surface area contributed by atoms with Crippen LogP contribution in [0.15, 0.2) is 85.7 Å². The highest BCUT2D eigenvalue weighted by molar-refractivity contribution is 7.80. The zero-order valence-electron chi connectivity index (χ0n) is 36.9. The third-order valence-electron chi connectivity index (χ3n) is 12.3. The topological polar surface area (TPSA) is 184 Å². The van der Waals surface area contributed by atoms with Gasteiger partial charge in [-0.1, -0.05) is 68.5 Å². The van der Waals surface area contributed by atoms with E-state index >= 15 is 0 Å². The van der Waals surface area contributed by atoms with Crippen molar-refractivity contribution in [2.45, 2.75) is 64.7 Å². The van der Waals surface area contributed by atoms with Crippen LogP contribution in [0.4, 0.5) is 9.59 Å². The number of ether oxygens (including phenoxy) is 3. The molecule has 3 aromatic carbocycles. The first-order chi connectivity index (χ1) is 30.9. The molecule has 0 radical (unpaired) electrons. The molecule has 16 heteroatoms. The zero-order chi connectivity index (χ0) is 45.4. The van der Waals surface area contributed by atoms with Crippen LogP contribution in [0.3, 0.4) is 0 Å². The van der Waals surface area contributed by atoms with Gasteiger partial charge in [-0.05, 0) is 77.1 Å². The fourth-order valence-electron chi connectivity index (χ4n) is 8.25. The Kier molecular flexibility index (Phi) is 14.8. The van der Waals surface area contributed by atoms with E-state index in [9.17, 15) is 19.2 Å². The predicted molar refractivity (Wildman–Crippen MR) is 248 cm³/mol. The standard InChI is InChI=1S/C48H58N8O7S/c1-6-48(17-18-48)29-56(44(57)42(30(2)3)53-46(59)61-4)28-41-50-26-39(52-41)37-14-13-35-23-34(11-12-36(35)24-37)31-7-9-32(10-8-31)38-25-49-40(51-38)27-55(19-22-64)45(58)43(54-47(60)62-5)33-15-20-63-21-16-33/h6-14,23-26,30,33,42-43,64H,1,15-22,27-29H2,2-5H3,(H,49,51)(H,50,52)(H,53,59)(H,54,60)/t42-,43-/m0/s1. The van der Waals surface area contributed by atoms with Crippen LogP contribution >= 0.6 is 12.6 Å². The number of carbonyl (C=O) groups excluding carboxylic acids is 4. The number of aromatic amines is 2. The van der Waals surface area contributed by atoms with Gasteiger partial charge in [-0.3, -0.25) is 9.59 Å². The molecule has 2 aliphatic rings. The van der Waals surface area contributed by atoms with E-state index in [0.717, 1.165) is 57.3 Å². The molecule has 338 valence electrons. The number of benzene rings is 3. The highest BCUT2D eigenvalue weighted by Gasteiger charge is 2.43. The van der Waals surface area contributed by atoms with Crippen molar-refractivity contribution in [1.82, 2.24) is 40.4 Å². The van der Waals surface area contributed by atoms with Gasteiger partial charge in [-0.15, -0.1) is 6.58 Å². The summed E-state index contributed by atoms with van der Waals surface area (Å²) in [5.74, 6) is 1.09. The number of aromatic nitrogens is 4. The van der Waals surface area contributed by atoms with Gasteiger partial charge in [-0.2, -0.15) is 12.6 Å². The van der Waals surface area contributed by atoms with Crippen molar-refractivity contribution in [3.05, 3.63) is 97.4 Å². The van der Waals surface area contributed by atoms with E-state index in [0.29, 0.717) is 56.5 Å². The Balaban J connectivity index is 1.02. The lowest BCUT2D eigenvalue weighted by Crippen LogP contribution is -2.53. The summed E-state index contributed by atoms with van der Waals surface area (Å²) in [5.41, 5.74) is 5.56. The van der Waals surface area contributed by atoms with Gasteiger partial charge < -0.3 is 44.6 Å². The Bertz CT molecular complexity index is 2440. The summed E-state index contributed by atoms with van der Waals surface area (Å²) < 4.78 is 15.2. The number of hydrogen-bond acceptors (Lipinski definition) is 10. The number of thiol groups is 1. The molecule has 5 aromatic rings. The molecule has 1 aliphatic heterocycles. The summed E-state index contributed by atoms with van der Waals surface area (Å²) >= 11 is 4.41. The summed E-state index contributed by atoms with van der Waals surface area (Å²) in [6, 6.07) is 19.4. The van der Waals surface area contributed by atoms with Crippen molar-refractivity contribution in [3.63, 3.8) is 0 Å². The average Bonchev–Trinajstić information content (AvgIpc) is 3.67. The van der Waals surface area contributed by atoms with Gasteiger partial charge in [0.25, 0.3) is 0 Å². The van der Waals surface area contributed by atoms with Gasteiger partial charge in [0.2, 0.25) is 11.8 Å². The minimum absolute atomic E-state index is 0.0704. The van der Waals surface area contributed by atoms with Crippen LogP contribution in [0.25, 0.3) is 44.4 Å². The fourth-order valence-corrected chi connectivity index (χ4v) is 8.49. The molecule has 15 nitrogen and oxygen atoms in total. The number of carbonyl (C=O) groups is 4. The molecule has 4 N–H and O–H groups in total. The number of alkyl carbamates (subject to hydrolysis) is 2. The number of hydrogen-bond donors (Lipinski definition) is 5. The van der Waals surface area contributed by atoms with Crippen LogP contribution < -0.4 is 10.6 Å². The van der Waals surface area contributed by atoms with Gasteiger partial charge >= 0.3 is 12.2 Å². The summed E-state index contributed by atoms with van der Waals surface area (Å²) in [7, 11) is 2.57. The number of nitrogens with one attached hydrogen (secondary N) is 4. The van der Waals surface area contributed by atoms with Crippen molar-refractivity contribution in [2.75, 3.05) is 46.3 Å². The van der Waals surface area contributed by atoms with E-state index in [1.807, 2.05) is 32.1 Å². The average molecular weight is 891 g/mol. The number of nitrogens with zero attached hydrogens (tertiary/aromatic N) is 4. The fraction of sp³-hybridized carbons (Fsp3) is 0.417. The van der Waals surface area contributed by atoms with Crippen molar-refractivity contribution < 1.29 is 33.4 Å². The van der Waals surface area contributed by atoms with Crippen molar-refractivity contribution in [2.24, 2.45) is 17.3 Å². The molecule has 3 heterocycles. The molecule has 2 aromatic heterocycles. The molecule has 0 spiro atoms. The Morgan fingerprint density at radius 1 is 0.812 bits per heavy atom.